The van der Waals surface area contributed by atoms with E-state index in [1.165, 1.54) is 12.8 Å². The van der Waals surface area contributed by atoms with Crippen LogP contribution in [0.1, 0.15) is 18.5 Å². The average Bonchev–Trinajstić information content (AvgIpc) is 2.98. The molecule has 3 rings (SSSR count). The van der Waals surface area contributed by atoms with E-state index in [1.807, 2.05) is 13.3 Å². The Labute approximate surface area is 180 Å². The fourth-order valence-electron chi connectivity index (χ4n) is 1.55. The quantitative estimate of drug-likeness (QED) is 0.396. The summed E-state index contributed by atoms with van der Waals surface area (Å²) in [6.07, 6.45) is 7.01. The molecule has 0 bridgehead atoms. The zero-order valence-corrected chi connectivity index (χ0v) is 19.9. The summed E-state index contributed by atoms with van der Waals surface area (Å²) in [7, 11) is -3.89. The fraction of sp³-hybridized carbons (Fsp3) is 0.364. The van der Waals surface area contributed by atoms with Gasteiger partial charge in [0, 0.05) is 89.8 Å². The van der Waals surface area contributed by atoms with Crippen LogP contribution in [0, 0.1) is 25.8 Å². The van der Waals surface area contributed by atoms with Crippen LogP contribution in [0.2, 0.25) is 0 Å². The summed E-state index contributed by atoms with van der Waals surface area (Å²) in [5.74, 6) is 1.57. The van der Waals surface area contributed by atoms with Crippen LogP contribution in [0.15, 0.2) is 6.33 Å². The maximum atomic E-state index is 9.22. The largest absolute Gasteiger partial charge is 0.398 e. The summed E-state index contributed by atoms with van der Waals surface area (Å²) in [4.78, 5) is 27.5. The van der Waals surface area contributed by atoms with E-state index in [-0.39, 0.29) is 72.3 Å². The van der Waals surface area contributed by atoms with Gasteiger partial charge in [-0.1, -0.05) is 6.92 Å². The van der Waals surface area contributed by atoms with Crippen molar-refractivity contribution in [1.82, 2.24) is 19.5 Å². The molecule has 0 amide bonds. The number of nitrogens with zero attached hydrogens (tertiary/aromatic N) is 4. The smallest absolute Gasteiger partial charge is 0.179 e. The van der Waals surface area contributed by atoms with Crippen molar-refractivity contribution >= 4 is 18.8 Å². The first-order valence-corrected chi connectivity index (χ1v) is 7.43. The SMILES string of the molecule is Cc1n[c-]nc2c1ncn2C[C-]1CC1.[CH2-]P(=O)(O)O.[V].[W].[Y]. The van der Waals surface area contributed by atoms with Gasteiger partial charge >= 0.3 is 0 Å². The summed E-state index contributed by atoms with van der Waals surface area (Å²) in [5.41, 5.74) is 2.69. The molecule has 0 aliphatic heterocycles. The number of hydrogen-bond acceptors (Lipinski definition) is 4. The van der Waals surface area contributed by atoms with Gasteiger partial charge in [-0.2, -0.15) is 0 Å². The van der Waals surface area contributed by atoms with Crippen LogP contribution in [0.3, 0.4) is 0 Å². The van der Waals surface area contributed by atoms with E-state index < -0.39 is 7.60 Å². The normalized spacial score (nSPS) is 13.1. The molecule has 0 atom stereocenters. The van der Waals surface area contributed by atoms with Gasteiger partial charge in [-0.3, -0.25) is 9.55 Å². The number of aromatic nitrogens is 4. The van der Waals surface area contributed by atoms with Gasteiger partial charge in [0.25, 0.3) is 0 Å². The van der Waals surface area contributed by atoms with Crippen molar-refractivity contribution in [1.29, 1.82) is 0 Å². The Bertz CT molecular complexity index is 627. The number of rotatable bonds is 2. The Hall–Kier alpha value is 1.08. The molecule has 2 aromatic heterocycles. The minimum absolute atomic E-state index is 0. The van der Waals surface area contributed by atoms with E-state index in [2.05, 4.69) is 32.5 Å². The Morgan fingerprint density at radius 1 is 1.45 bits per heavy atom. The summed E-state index contributed by atoms with van der Waals surface area (Å²) in [6, 6.07) is 0. The van der Waals surface area contributed by atoms with E-state index in [0.717, 1.165) is 23.4 Å². The van der Waals surface area contributed by atoms with Crippen molar-refractivity contribution in [3.63, 3.8) is 0 Å². The van der Waals surface area contributed by atoms with Gasteiger partial charge in [0.05, 0.1) is 6.33 Å². The predicted molar refractivity (Wildman–Crippen MR) is 68.8 cm³/mol. The maximum absolute atomic E-state index is 9.22. The molecule has 1 saturated carbocycles. The molecular formula is C11H14N4O3PVWY-3. The molecule has 2 N–H and O–H groups in total. The summed E-state index contributed by atoms with van der Waals surface area (Å²) < 4.78 is 11.3. The molecule has 118 valence electrons. The molecule has 0 aromatic carbocycles. The van der Waals surface area contributed by atoms with Crippen molar-refractivity contribution in [3.05, 3.63) is 30.9 Å². The summed E-state index contributed by atoms with van der Waals surface area (Å²) in [5, 5.41) is 0. The second-order valence-corrected chi connectivity index (χ2v) is 5.70. The third-order valence-corrected chi connectivity index (χ3v) is 2.52. The van der Waals surface area contributed by atoms with Crippen molar-refractivity contribution < 1.29 is 86.7 Å². The van der Waals surface area contributed by atoms with E-state index in [1.54, 1.807) is 5.92 Å². The van der Waals surface area contributed by atoms with E-state index in [9.17, 15) is 4.57 Å². The summed E-state index contributed by atoms with van der Waals surface area (Å²) >= 11 is 0. The molecule has 0 unspecified atom stereocenters. The van der Waals surface area contributed by atoms with Gasteiger partial charge in [0.2, 0.25) is 0 Å². The molecule has 11 heteroatoms. The molecule has 0 saturated heterocycles. The number of fused-ring (bicyclic) bond motifs is 1. The van der Waals surface area contributed by atoms with Crippen molar-refractivity contribution in [2.24, 2.45) is 0 Å². The van der Waals surface area contributed by atoms with E-state index in [4.69, 9.17) is 9.79 Å². The molecule has 1 aliphatic carbocycles. The van der Waals surface area contributed by atoms with Crippen molar-refractivity contribution in [2.45, 2.75) is 26.3 Å². The molecule has 1 fully saturated rings. The second-order valence-electron chi connectivity index (χ2n) is 4.37. The Kier molecular flexibility index (Phi) is 12.5. The molecule has 2 heterocycles. The van der Waals surface area contributed by atoms with Gasteiger partial charge in [0.15, 0.2) is 7.60 Å². The van der Waals surface area contributed by atoms with Gasteiger partial charge in [-0.05, 0) is 5.69 Å². The Morgan fingerprint density at radius 2 is 2.00 bits per heavy atom. The van der Waals surface area contributed by atoms with Crippen LogP contribution in [-0.4, -0.2) is 29.3 Å². The minimum atomic E-state index is -3.89. The zero-order chi connectivity index (χ0) is 14.0. The zero-order valence-electron chi connectivity index (χ0n) is 11.9. The average molecular weight is 605 g/mol. The first-order valence-electron chi connectivity index (χ1n) is 5.63. The maximum Gasteiger partial charge on any atom is 0.179 e. The minimum Gasteiger partial charge on any atom is -0.398 e. The molecular weight excluding hydrogens is 591 g/mol. The predicted octanol–water partition coefficient (Wildman–Crippen LogP) is 1.25. The molecule has 1 aliphatic rings. The number of hydrogen-bond donors (Lipinski definition) is 2. The second kappa shape index (κ2) is 10.8. The van der Waals surface area contributed by atoms with Gasteiger partial charge in [-0.25, -0.2) is 19.5 Å². The van der Waals surface area contributed by atoms with Crippen LogP contribution in [0.4, 0.5) is 0 Å². The Morgan fingerprint density at radius 3 is 2.50 bits per heavy atom. The van der Waals surface area contributed by atoms with Crippen molar-refractivity contribution in [2.75, 3.05) is 0 Å². The molecule has 0 spiro atoms. The van der Waals surface area contributed by atoms with Gasteiger partial charge < -0.3 is 30.2 Å². The van der Waals surface area contributed by atoms with Crippen LogP contribution < -0.4 is 0 Å². The van der Waals surface area contributed by atoms with Crippen LogP contribution in [0.25, 0.3) is 11.2 Å². The van der Waals surface area contributed by atoms with Crippen LogP contribution in [-0.2, 0) is 83.4 Å². The molecule has 2 aromatic rings. The van der Waals surface area contributed by atoms with Crippen LogP contribution >= 0.6 is 7.60 Å². The topological polar surface area (TPSA) is 101 Å². The Balaban J connectivity index is 0. The number of imidazole rings is 1. The molecule has 7 nitrogen and oxygen atoms in total. The summed E-state index contributed by atoms with van der Waals surface area (Å²) in [6.45, 7) is 5.33. The first-order chi connectivity index (χ1) is 8.84. The van der Waals surface area contributed by atoms with Crippen molar-refractivity contribution in [3.8, 4) is 0 Å². The third-order valence-electron chi connectivity index (χ3n) is 2.52. The molecule has 2 radical (unpaired) electrons. The van der Waals surface area contributed by atoms with Gasteiger partial charge in [-0.15, -0.1) is 6.54 Å². The van der Waals surface area contributed by atoms with E-state index >= 15 is 0 Å². The van der Waals surface area contributed by atoms with Crippen LogP contribution in [0.5, 0.6) is 0 Å². The van der Waals surface area contributed by atoms with Gasteiger partial charge in [0.1, 0.15) is 0 Å². The van der Waals surface area contributed by atoms with E-state index in [0.29, 0.717) is 0 Å². The standard InChI is InChI=1S/C10H10N4.CH4O3P.V.W.Y/c1-7-9-10(12-5-11-7)14(6-13-9)4-8-2-3-8;1-5(2,3)4;;;/h6H,2-4H2,1H3;1H2,(H2,2,3,4);;;/q-2;-1;;;. The number of aryl methyl sites for hydroxylation is 1. The third kappa shape index (κ3) is 8.80. The monoisotopic (exact) mass is 605 g/mol. The first kappa shape index (κ1) is 25.3. The fourth-order valence-corrected chi connectivity index (χ4v) is 1.55. The molecule has 22 heavy (non-hydrogen) atoms.